The van der Waals surface area contributed by atoms with Gasteiger partial charge in [0, 0.05) is 71.4 Å². The number of hydrogen-bond acceptors (Lipinski definition) is 21. The van der Waals surface area contributed by atoms with E-state index in [0.29, 0.717) is 158 Å². The molecule has 1 unspecified atom stereocenters. The van der Waals surface area contributed by atoms with E-state index in [1.165, 1.54) is 0 Å². The number of aliphatic carboxylic acids is 3. The molecule has 0 radical (unpaired) electrons. The minimum Gasteiger partial charge on any atom is -0.480 e. The average Bonchev–Trinajstić information content (AvgIpc) is 3.92. The summed E-state index contributed by atoms with van der Waals surface area (Å²) < 4.78 is 44.4. The zero-order valence-corrected chi connectivity index (χ0v) is 47.8. The SMILES string of the molecule is CCCCN[C@H](CCCCNC(O)[C@H]1CCCN1C(=O)CCOCCOCCOCCOCCOCCOCCOCCOCCNC(=O)CN1CCN(CC(=O)O)CCN(CC(=O)O)CCN(CC(=O)O)CC1)C(=O)C(C)C. The van der Waals surface area contributed by atoms with Gasteiger partial charge in [-0.1, -0.05) is 33.6 Å². The van der Waals surface area contributed by atoms with E-state index in [1.807, 2.05) is 18.7 Å². The standard InChI is InChI=1S/C53H100N8O18/c1-4-5-12-54-45(52(70)44(2)3)9-6-7-13-56-53(71)46-10-8-15-61(46)48(63)11-24-72-26-28-74-30-32-76-34-36-78-38-39-79-37-35-77-33-31-75-29-27-73-25-14-55-47(62)40-57-16-18-58(41-49(64)65)20-22-60(43-51(68)69)23-21-59(19-17-57)42-50(66)67/h44-46,53-54,56,71H,4-43H2,1-3H3,(H,55,62)(H,64,65)(H,66,67)(H,68,69)/t45-,46-,53?/m1/s1. The highest BCUT2D eigenvalue weighted by atomic mass is 16.6. The van der Waals surface area contributed by atoms with Crippen molar-refractivity contribution < 1.29 is 87.1 Å². The third kappa shape index (κ3) is 37.9. The fourth-order valence-electron chi connectivity index (χ4n) is 8.74. The van der Waals surface area contributed by atoms with Crippen LogP contribution in [0.2, 0.25) is 0 Å². The van der Waals surface area contributed by atoms with Gasteiger partial charge in [-0.05, 0) is 45.2 Å². The van der Waals surface area contributed by atoms with Crippen molar-refractivity contribution in [3.63, 3.8) is 0 Å². The Morgan fingerprint density at radius 2 is 0.886 bits per heavy atom. The fourth-order valence-corrected chi connectivity index (χ4v) is 8.74. The molecule has 0 aromatic carbocycles. The van der Waals surface area contributed by atoms with Gasteiger partial charge in [0.1, 0.15) is 6.23 Å². The second kappa shape index (κ2) is 47.0. The molecule has 0 bridgehead atoms. The van der Waals surface area contributed by atoms with Crippen LogP contribution in [0.5, 0.6) is 0 Å². The molecule has 2 aliphatic heterocycles. The molecule has 0 aliphatic carbocycles. The number of unbranched alkanes of at least 4 members (excludes halogenated alkanes) is 2. The summed E-state index contributed by atoms with van der Waals surface area (Å²) in [5, 5.41) is 48.5. The molecule has 0 aromatic heterocycles. The van der Waals surface area contributed by atoms with Gasteiger partial charge in [0.15, 0.2) is 5.78 Å². The van der Waals surface area contributed by atoms with Crippen molar-refractivity contribution in [3.8, 4) is 0 Å². The number of aliphatic hydroxyl groups is 1. The van der Waals surface area contributed by atoms with Crippen LogP contribution in [0, 0.1) is 5.92 Å². The van der Waals surface area contributed by atoms with Gasteiger partial charge in [-0.2, -0.15) is 0 Å². The molecule has 79 heavy (non-hydrogen) atoms. The quantitative estimate of drug-likeness (QED) is 0.0288. The third-order valence-electron chi connectivity index (χ3n) is 13.1. The van der Waals surface area contributed by atoms with Crippen molar-refractivity contribution in [2.75, 3.05) is 210 Å². The Labute approximate surface area is 468 Å². The lowest BCUT2D eigenvalue weighted by molar-refractivity contribution is -0.140. The summed E-state index contributed by atoms with van der Waals surface area (Å²) in [6.45, 7) is 16.3. The number of hydrogen-bond donors (Lipinski definition) is 7. The summed E-state index contributed by atoms with van der Waals surface area (Å²) in [6, 6.07) is -0.391. The maximum absolute atomic E-state index is 12.9. The Bertz CT molecular complexity index is 1600. The lowest BCUT2D eigenvalue weighted by atomic mass is 9.97. The molecule has 0 spiro atoms. The van der Waals surface area contributed by atoms with Crippen molar-refractivity contribution in [2.45, 2.75) is 90.4 Å². The van der Waals surface area contributed by atoms with Crippen molar-refractivity contribution in [1.82, 2.24) is 40.4 Å². The molecule has 2 amide bonds. The summed E-state index contributed by atoms with van der Waals surface area (Å²) in [4.78, 5) is 81.5. The second-order valence-corrected chi connectivity index (χ2v) is 19.9. The number of amides is 2. The van der Waals surface area contributed by atoms with E-state index in [9.17, 15) is 49.2 Å². The first kappa shape index (κ1) is 71.5. The maximum Gasteiger partial charge on any atom is 0.317 e. The largest absolute Gasteiger partial charge is 0.480 e. The van der Waals surface area contributed by atoms with Gasteiger partial charge in [-0.25, -0.2) is 0 Å². The van der Waals surface area contributed by atoms with Gasteiger partial charge in [0.05, 0.1) is 150 Å². The molecule has 0 saturated carbocycles. The number of ether oxygens (including phenoxy) is 8. The van der Waals surface area contributed by atoms with E-state index in [1.54, 1.807) is 19.6 Å². The molecule has 26 heteroatoms. The van der Waals surface area contributed by atoms with Crippen LogP contribution in [0.15, 0.2) is 0 Å². The normalized spacial score (nSPS) is 17.4. The van der Waals surface area contributed by atoms with Crippen LogP contribution >= 0.6 is 0 Å². The van der Waals surface area contributed by atoms with Gasteiger partial charge in [0.25, 0.3) is 0 Å². The topological polar surface area (TPSA) is 309 Å². The van der Waals surface area contributed by atoms with Crippen LogP contribution in [0.4, 0.5) is 0 Å². The van der Waals surface area contributed by atoms with E-state index in [-0.39, 0.29) is 88.0 Å². The second-order valence-electron chi connectivity index (χ2n) is 19.9. The summed E-state index contributed by atoms with van der Waals surface area (Å²) in [7, 11) is 0. The molecular weight excluding hydrogens is 1040 g/mol. The first-order valence-electron chi connectivity index (χ1n) is 28.6. The van der Waals surface area contributed by atoms with Crippen LogP contribution < -0.4 is 16.0 Å². The Balaban J connectivity index is 1.38. The summed E-state index contributed by atoms with van der Waals surface area (Å²) >= 11 is 0. The monoisotopic (exact) mass is 1140 g/mol. The Hall–Kier alpha value is -3.58. The van der Waals surface area contributed by atoms with Crippen LogP contribution in [0.1, 0.15) is 72.1 Å². The van der Waals surface area contributed by atoms with Gasteiger partial charge in [0.2, 0.25) is 11.8 Å². The van der Waals surface area contributed by atoms with E-state index >= 15 is 0 Å². The lowest BCUT2D eigenvalue weighted by Gasteiger charge is -2.32. The third-order valence-corrected chi connectivity index (χ3v) is 13.1. The summed E-state index contributed by atoms with van der Waals surface area (Å²) in [6.07, 6.45) is 5.63. The van der Waals surface area contributed by atoms with E-state index in [2.05, 4.69) is 22.9 Å². The lowest BCUT2D eigenvalue weighted by Crippen LogP contribution is -2.50. The molecule has 2 heterocycles. The first-order valence-corrected chi connectivity index (χ1v) is 28.6. The highest BCUT2D eigenvalue weighted by Crippen LogP contribution is 2.21. The van der Waals surface area contributed by atoms with Crippen LogP contribution in [-0.2, 0) is 66.7 Å². The number of carbonyl (C=O) groups is 6. The highest BCUT2D eigenvalue weighted by molar-refractivity contribution is 5.85. The first-order chi connectivity index (χ1) is 38.2. The Morgan fingerprint density at radius 1 is 0.494 bits per heavy atom. The molecule has 26 nitrogen and oxygen atoms in total. The number of carboxylic acids is 3. The van der Waals surface area contributed by atoms with E-state index < -0.39 is 24.1 Å². The number of aliphatic hydroxyl groups excluding tert-OH is 1. The summed E-state index contributed by atoms with van der Waals surface area (Å²) in [5.41, 5.74) is 0. The predicted molar refractivity (Wildman–Crippen MR) is 292 cm³/mol. The number of Topliss-reactive ketones (excluding diaryl/α,β-unsaturated/α-hetero) is 1. The van der Waals surface area contributed by atoms with Crippen molar-refractivity contribution in [3.05, 3.63) is 0 Å². The number of nitrogens with zero attached hydrogens (tertiary/aromatic N) is 5. The minimum atomic E-state index is -1.03. The van der Waals surface area contributed by atoms with E-state index in [0.717, 1.165) is 51.5 Å². The van der Waals surface area contributed by atoms with Gasteiger partial charge < -0.3 is 73.9 Å². The molecule has 0 aromatic rings. The van der Waals surface area contributed by atoms with Crippen molar-refractivity contribution >= 4 is 35.5 Å². The number of rotatable bonds is 48. The van der Waals surface area contributed by atoms with E-state index in [4.69, 9.17) is 37.9 Å². The maximum atomic E-state index is 12.9. The van der Waals surface area contributed by atoms with Crippen molar-refractivity contribution in [2.24, 2.45) is 5.92 Å². The number of nitrogens with one attached hydrogen (secondary N) is 3. The van der Waals surface area contributed by atoms with Gasteiger partial charge in [-0.15, -0.1) is 0 Å². The van der Waals surface area contributed by atoms with Crippen LogP contribution in [0.3, 0.4) is 0 Å². The number of likely N-dealkylation sites (tertiary alicyclic amines) is 1. The van der Waals surface area contributed by atoms with Crippen LogP contribution in [0.25, 0.3) is 0 Å². The smallest absolute Gasteiger partial charge is 0.317 e. The fraction of sp³-hybridized carbons (Fsp3) is 0.887. The van der Waals surface area contributed by atoms with Gasteiger partial charge >= 0.3 is 17.9 Å². The Morgan fingerprint density at radius 3 is 1.29 bits per heavy atom. The summed E-state index contributed by atoms with van der Waals surface area (Å²) in [5.74, 6) is -3.10. The number of carbonyl (C=O) groups excluding carboxylic acids is 3. The van der Waals surface area contributed by atoms with Crippen LogP contribution in [-0.4, -0.2) is 309 Å². The zero-order chi connectivity index (χ0) is 57.7. The molecule has 2 fully saturated rings. The van der Waals surface area contributed by atoms with Gasteiger partial charge in [-0.3, -0.25) is 53.7 Å². The van der Waals surface area contributed by atoms with Crippen molar-refractivity contribution in [1.29, 1.82) is 0 Å². The minimum absolute atomic E-state index is 0.00650. The molecule has 460 valence electrons. The number of ketones is 1. The molecule has 2 rings (SSSR count). The predicted octanol–water partition coefficient (Wildman–Crippen LogP) is -0.846. The number of carboxylic acid groups (broad SMARTS) is 3. The molecule has 3 atom stereocenters. The molecule has 7 N–H and O–H groups in total. The highest BCUT2D eigenvalue weighted by Gasteiger charge is 2.33. The molecular formula is C53H100N8O18. The molecule has 2 aliphatic rings. The zero-order valence-electron chi connectivity index (χ0n) is 47.8. The Kier molecular flexibility index (Phi) is 42.5. The average molecular weight is 1140 g/mol. The molecule has 2 saturated heterocycles.